The molecule has 1 aromatic heterocycles. The Balaban J connectivity index is 0.000000791. The molecule has 0 aliphatic heterocycles. The molecule has 74 valence electrons. The number of rotatable bonds is 1. The molecule has 0 aliphatic carbocycles. The zero-order valence-electron chi connectivity index (χ0n) is 8.87. The SMILES string of the molecule is CC.CCC(=O)C#Cc1cccnc1. The summed E-state index contributed by atoms with van der Waals surface area (Å²) in [5.74, 6) is 5.21. The molecule has 0 amide bonds. The Labute approximate surface area is 85.4 Å². The van der Waals surface area contributed by atoms with Crippen molar-refractivity contribution in [1.82, 2.24) is 4.98 Å². The summed E-state index contributed by atoms with van der Waals surface area (Å²) < 4.78 is 0. The van der Waals surface area contributed by atoms with Gasteiger partial charge in [0.1, 0.15) is 0 Å². The smallest absolute Gasteiger partial charge is 0.205 e. The Morgan fingerprint density at radius 1 is 1.50 bits per heavy atom. The minimum Gasteiger partial charge on any atom is -0.285 e. The van der Waals surface area contributed by atoms with Crippen LogP contribution in [0.1, 0.15) is 32.8 Å². The highest BCUT2D eigenvalue weighted by molar-refractivity contribution is 5.95. The summed E-state index contributed by atoms with van der Waals surface area (Å²) in [6, 6.07) is 3.61. The van der Waals surface area contributed by atoms with E-state index in [-0.39, 0.29) is 5.78 Å². The molecule has 1 aromatic rings. The van der Waals surface area contributed by atoms with Gasteiger partial charge in [-0.25, -0.2) is 0 Å². The fraction of sp³-hybridized carbons (Fsp3) is 0.333. The fourth-order valence-corrected chi connectivity index (χ4v) is 0.667. The van der Waals surface area contributed by atoms with Crippen molar-refractivity contribution in [2.45, 2.75) is 27.2 Å². The molecule has 0 bridgehead atoms. The molecule has 2 nitrogen and oxygen atoms in total. The van der Waals surface area contributed by atoms with Crippen LogP contribution in [0.4, 0.5) is 0 Å². The van der Waals surface area contributed by atoms with Crippen molar-refractivity contribution in [1.29, 1.82) is 0 Å². The summed E-state index contributed by atoms with van der Waals surface area (Å²) in [5.41, 5.74) is 0.777. The van der Waals surface area contributed by atoms with E-state index >= 15 is 0 Å². The van der Waals surface area contributed by atoms with E-state index in [1.807, 2.05) is 19.9 Å². The number of hydrogen-bond donors (Lipinski definition) is 0. The van der Waals surface area contributed by atoms with E-state index < -0.39 is 0 Å². The highest BCUT2D eigenvalue weighted by Gasteiger charge is 1.88. The van der Waals surface area contributed by atoms with Crippen LogP contribution < -0.4 is 0 Å². The third-order valence-electron chi connectivity index (χ3n) is 1.33. The maximum Gasteiger partial charge on any atom is 0.205 e. The van der Waals surface area contributed by atoms with Crippen molar-refractivity contribution in [2.24, 2.45) is 0 Å². The van der Waals surface area contributed by atoms with E-state index in [1.54, 1.807) is 25.4 Å². The van der Waals surface area contributed by atoms with Crippen molar-refractivity contribution >= 4 is 5.78 Å². The Morgan fingerprint density at radius 2 is 2.21 bits per heavy atom. The van der Waals surface area contributed by atoms with Gasteiger partial charge in [0, 0.05) is 24.4 Å². The first kappa shape index (κ1) is 12.4. The van der Waals surface area contributed by atoms with Gasteiger partial charge < -0.3 is 0 Å². The quantitative estimate of drug-likeness (QED) is 0.635. The van der Waals surface area contributed by atoms with Crippen LogP contribution in [-0.2, 0) is 4.79 Å². The average molecular weight is 189 g/mol. The second kappa shape index (κ2) is 8.00. The third-order valence-corrected chi connectivity index (χ3v) is 1.33. The summed E-state index contributed by atoms with van der Waals surface area (Å²) in [6.07, 6.45) is 3.77. The largest absolute Gasteiger partial charge is 0.285 e. The van der Waals surface area contributed by atoms with E-state index in [2.05, 4.69) is 16.8 Å². The molecule has 0 aliphatic rings. The standard InChI is InChI=1S/C10H9NO.C2H6/c1-2-10(12)6-5-9-4-3-7-11-8-9;1-2/h3-4,7-8H,2H2,1H3;1-2H3. The average Bonchev–Trinajstić information content (AvgIpc) is 2.30. The van der Waals surface area contributed by atoms with Crippen LogP contribution in [0.15, 0.2) is 24.5 Å². The molecule has 0 spiro atoms. The lowest BCUT2D eigenvalue weighted by molar-refractivity contribution is -0.113. The molecule has 0 fully saturated rings. The first-order valence-electron chi connectivity index (χ1n) is 4.78. The van der Waals surface area contributed by atoms with Gasteiger partial charge in [0.2, 0.25) is 5.78 Å². The monoisotopic (exact) mass is 189 g/mol. The zero-order valence-corrected chi connectivity index (χ0v) is 8.87. The molecule has 2 heteroatoms. The molecule has 0 aromatic carbocycles. The first-order chi connectivity index (χ1) is 6.83. The number of nitrogens with zero attached hydrogens (tertiary/aromatic N) is 1. The van der Waals surface area contributed by atoms with Crippen LogP contribution in [0.3, 0.4) is 0 Å². The van der Waals surface area contributed by atoms with Crippen LogP contribution in [0.2, 0.25) is 0 Å². The number of Topliss-reactive ketones (excluding diaryl/α,β-unsaturated/α-hetero) is 1. The van der Waals surface area contributed by atoms with Gasteiger partial charge >= 0.3 is 0 Å². The maximum absolute atomic E-state index is 10.8. The highest BCUT2D eigenvalue weighted by Crippen LogP contribution is 1.91. The number of carbonyl (C=O) groups excluding carboxylic acids is 1. The van der Waals surface area contributed by atoms with E-state index in [4.69, 9.17) is 0 Å². The molecule has 0 N–H and O–H groups in total. The highest BCUT2D eigenvalue weighted by atomic mass is 16.1. The molecule has 1 rings (SSSR count). The second-order valence-corrected chi connectivity index (χ2v) is 2.27. The normalized spacial score (nSPS) is 7.64. The third kappa shape index (κ3) is 5.10. The van der Waals surface area contributed by atoms with Gasteiger partial charge in [-0.05, 0) is 18.1 Å². The summed E-state index contributed by atoms with van der Waals surface area (Å²) in [7, 11) is 0. The van der Waals surface area contributed by atoms with Gasteiger partial charge in [0.05, 0.1) is 0 Å². The van der Waals surface area contributed by atoms with Crippen LogP contribution in [0.5, 0.6) is 0 Å². The number of pyridine rings is 1. The Morgan fingerprint density at radius 3 is 2.71 bits per heavy atom. The summed E-state index contributed by atoms with van der Waals surface area (Å²) in [4.78, 5) is 14.7. The van der Waals surface area contributed by atoms with E-state index in [1.165, 1.54) is 0 Å². The predicted octanol–water partition coefficient (Wildman–Crippen LogP) is 2.44. The molecule has 0 saturated heterocycles. The molecule has 0 atom stereocenters. The van der Waals surface area contributed by atoms with Crippen molar-refractivity contribution in [3.63, 3.8) is 0 Å². The summed E-state index contributed by atoms with van der Waals surface area (Å²) in [5, 5.41) is 0. The van der Waals surface area contributed by atoms with E-state index in [9.17, 15) is 4.79 Å². The Bertz CT molecular complexity index is 319. The predicted molar refractivity (Wildman–Crippen MR) is 57.8 cm³/mol. The van der Waals surface area contributed by atoms with E-state index in [0.29, 0.717) is 6.42 Å². The van der Waals surface area contributed by atoms with Crippen molar-refractivity contribution in [3.8, 4) is 11.8 Å². The van der Waals surface area contributed by atoms with Crippen molar-refractivity contribution in [3.05, 3.63) is 30.1 Å². The molecule has 1 heterocycles. The lowest BCUT2D eigenvalue weighted by Gasteiger charge is -1.84. The molecule has 0 unspecified atom stereocenters. The Hall–Kier alpha value is -1.62. The van der Waals surface area contributed by atoms with Crippen LogP contribution in [0, 0.1) is 11.8 Å². The molecule has 0 radical (unpaired) electrons. The minimum absolute atomic E-state index is 0.0427. The number of aromatic nitrogens is 1. The number of carbonyl (C=O) groups is 1. The van der Waals surface area contributed by atoms with E-state index in [0.717, 1.165) is 5.56 Å². The summed E-state index contributed by atoms with van der Waals surface area (Å²) in [6.45, 7) is 5.79. The van der Waals surface area contributed by atoms with Gasteiger partial charge in [0.15, 0.2) is 0 Å². The summed E-state index contributed by atoms with van der Waals surface area (Å²) >= 11 is 0. The number of hydrogen-bond acceptors (Lipinski definition) is 2. The second-order valence-electron chi connectivity index (χ2n) is 2.27. The molecular formula is C12H15NO. The molecular weight excluding hydrogens is 174 g/mol. The zero-order chi connectivity index (χ0) is 10.8. The first-order valence-corrected chi connectivity index (χ1v) is 4.78. The van der Waals surface area contributed by atoms with Crippen molar-refractivity contribution in [2.75, 3.05) is 0 Å². The van der Waals surface area contributed by atoms with Gasteiger partial charge in [0.25, 0.3) is 0 Å². The van der Waals surface area contributed by atoms with Crippen LogP contribution >= 0.6 is 0 Å². The lowest BCUT2D eigenvalue weighted by atomic mass is 10.2. The fourth-order valence-electron chi connectivity index (χ4n) is 0.667. The topological polar surface area (TPSA) is 30.0 Å². The van der Waals surface area contributed by atoms with Crippen LogP contribution in [-0.4, -0.2) is 10.8 Å². The molecule has 0 saturated carbocycles. The molecule has 14 heavy (non-hydrogen) atoms. The lowest BCUT2D eigenvalue weighted by Crippen LogP contribution is -1.88. The van der Waals surface area contributed by atoms with Gasteiger partial charge in [-0.15, -0.1) is 0 Å². The number of ketones is 1. The minimum atomic E-state index is -0.0427. The van der Waals surface area contributed by atoms with Crippen LogP contribution in [0.25, 0.3) is 0 Å². The Kier molecular flexibility index (Phi) is 7.07. The van der Waals surface area contributed by atoms with Gasteiger partial charge in [-0.2, -0.15) is 0 Å². The van der Waals surface area contributed by atoms with Gasteiger partial charge in [-0.1, -0.05) is 26.7 Å². The maximum atomic E-state index is 10.8. The van der Waals surface area contributed by atoms with Crippen molar-refractivity contribution < 1.29 is 4.79 Å². The van der Waals surface area contributed by atoms with Gasteiger partial charge in [-0.3, -0.25) is 9.78 Å².